The molecule has 1 amide bonds. The fraction of sp³-hybridized carbons (Fsp3) is 0.125. The van der Waals surface area contributed by atoms with Gasteiger partial charge in [-0.1, -0.05) is 35.9 Å². The number of carbonyl (C=O) groups excluding carboxylic acids is 1. The summed E-state index contributed by atoms with van der Waals surface area (Å²) < 4.78 is 5.11. The molecule has 2 aromatic heterocycles. The van der Waals surface area contributed by atoms with E-state index in [1.807, 2.05) is 36.4 Å². The minimum atomic E-state index is -0.266. The summed E-state index contributed by atoms with van der Waals surface area (Å²) in [6.45, 7) is 0.386. The molecule has 11 nitrogen and oxygen atoms in total. The van der Waals surface area contributed by atoms with E-state index in [0.717, 1.165) is 16.7 Å². The molecular weight excluding hydrogens is 482 g/mol. The van der Waals surface area contributed by atoms with Gasteiger partial charge in [0.1, 0.15) is 12.3 Å². The van der Waals surface area contributed by atoms with E-state index in [1.165, 1.54) is 9.59 Å². The molecule has 1 N–H and O–H groups in total. The van der Waals surface area contributed by atoms with Gasteiger partial charge >= 0.3 is 0 Å². The smallest absolute Gasteiger partial charge is 0.248 e. The van der Waals surface area contributed by atoms with Crippen LogP contribution in [0.1, 0.15) is 5.56 Å². The van der Waals surface area contributed by atoms with Crippen LogP contribution in [0.2, 0.25) is 5.02 Å². The molecular formula is C24H20ClN9O2. The number of benzene rings is 3. The summed E-state index contributed by atoms with van der Waals surface area (Å²) in [5.74, 6) is 1.39. The van der Waals surface area contributed by atoms with Crippen molar-refractivity contribution in [1.29, 1.82) is 0 Å². The molecule has 0 aliphatic carbocycles. The number of nitrogens with one attached hydrogen (secondary N) is 1. The monoisotopic (exact) mass is 501 g/mol. The summed E-state index contributed by atoms with van der Waals surface area (Å²) in [7, 11) is 1.59. The third-order valence-corrected chi connectivity index (χ3v) is 5.46. The Labute approximate surface area is 210 Å². The Balaban J connectivity index is 1.18. The quantitative estimate of drug-likeness (QED) is 0.343. The van der Waals surface area contributed by atoms with Gasteiger partial charge in [-0.2, -0.15) is 9.59 Å². The van der Waals surface area contributed by atoms with Gasteiger partial charge in [0.15, 0.2) is 0 Å². The highest BCUT2D eigenvalue weighted by Crippen LogP contribution is 2.19. The number of ether oxygens (including phenoxy) is 1. The number of rotatable bonds is 8. The highest BCUT2D eigenvalue weighted by atomic mass is 35.5. The van der Waals surface area contributed by atoms with Crippen molar-refractivity contribution >= 4 is 23.2 Å². The van der Waals surface area contributed by atoms with Crippen molar-refractivity contribution < 1.29 is 9.53 Å². The molecule has 0 bridgehead atoms. The highest BCUT2D eigenvalue weighted by Gasteiger charge is 2.11. The molecule has 0 atom stereocenters. The molecule has 0 aliphatic rings. The fourth-order valence-corrected chi connectivity index (χ4v) is 3.50. The van der Waals surface area contributed by atoms with Gasteiger partial charge in [0.05, 0.1) is 13.7 Å². The van der Waals surface area contributed by atoms with E-state index in [4.69, 9.17) is 16.3 Å². The molecule has 5 rings (SSSR count). The van der Waals surface area contributed by atoms with Crippen LogP contribution in [0.4, 0.5) is 5.69 Å². The average Bonchev–Trinajstić information content (AvgIpc) is 3.55. The van der Waals surface area contributed by atoms with E-state index in [2.05, 4.69) is 36.1 Å². The molecule has 0 saturated heterocycles. The van der Waals surface area contributed by atoms with Gasteiger partial charge in [-0.3, -0.25) is 4.79 Å². The average molecular weight is 502 g/mol. The second-order valence-electron chi connectivity index (χ2n) is 7.77. The van der Waals surface area contributed by atoms with Crippen molar-refractivity contribution in [3.63, 3.8) is 0 Å². The van der Waals surface area contributed by atoms with Crippen molar-refractivity contribution in [2.75, 3.05) is 12.4 Å². The van der Waals surface area contributed by atoms with Gasteiger partial charge in [-0.05, 0) is 64.5 Å². The van der Waals surface area contributed by atoms with E-state index in [9.17, 15) is 4.79 Å². The Morgan fingerprint density at radius 2 is 1.42 bits per heavy atom. The van der Waals surface area contributed by atoms with Crippen molar-refractivity contribution in [2.45, 2.75) is 13.1 Å². The number of tetrazole rings is 2. The van der Waals surface area contributed by atoms with Crippen LogP contribution >= 0.6 is 11.6 Å². The molecule has 180 valence electrons. The van der Waals surface area contributed by atoms with Crippen LogP contribution in [0.25, 0.3) is 22.8 Å². The summed E-state index contributed by atoms with van der Waals surface area (Å²) in [5, 5.41) is 28.4. The Bertz CT molecular complexity index is 1460. The summed E-state index contributed by atoms with van der Waals surface area (Å²) in [4.78, 5) is 15.1. The van der Waals surface area contributed by atoms with Crippen LogP contribution in [-0.4, -0.2) is 53.4 Å². The summed E-state index contributed by atoms with van der Waals surface area (Å²) >= 11 is 5.93. The number of aromatic nitrogens is 8. The zero-order valence-corrected chi connectivity index (χ0v) is 19.9. The van der Waals surface area contributed by atoms with Crippen molar-refractivity contribution in [1.82, 2.24) is 40.4 Å². The second kappa shape index (κ2) is 10.3. The largest absolute Gasteiger partial charge is 0.497 e. The van der Waals surface area contributed by atoms with Gasteiger partial charge < -0.3 is 10.1 Å². The first-order valence-electron chi connectivity index (χ1n) is 10.9. The van der Waals surface area contributed by atoms with Gasteiger partial charge in [-0.25, -0.2) is 0 Å². The lowest BCUT2D eigenvalue weighted by Gasteiger charge is -2.05. The molecule has 3 aromatic carbocycles. The Morgan fingerprint density at radius 3 is 2.06 bits per heavy atom. The third kappa shape index (κ3) is 5.53. The maximum Gasteiger partial charge on any atom is 0.248 e. The lowest BCUT2D eigenvalue weighted by molar-refractivity contribution is -0.117. The molecule has 0 fully saturated rings. The number of hydrogen-bond donors (Lipinski definition) is 1. The molecule has 12 heteroatoms. The first-order valence-corrected chi connectivity index (χ1v) is 11.3. The normalized spacial score (nSPS) is 10.8. The van der Waals surface area contributed by atoms with Crippen LogP contribution < -0.4 is 10.1 Å². The topological polar surface area (TPSA) is 126 Å². The molecule has 36 heavy (non-hydrogen) atoms. The van der Waals surface area contributed by atoms with Gasteiger partial charge in [0.2, 0.25) is 17.6 Å². The van der Waals surface area contributed by atoms with Crippen molar-refractivity contribution in [3.8, 4) is 28.5 Å². The number of hydrogen-bond acceptors (Lipinski definition) is 8. The second-order valence-corrected chi connectivity index (χ2v) is 8.20. The van der Waals surface area contributed by atoms with E-state index in [1.54, 1.807) is 43.5 Å². The number of methoxy groups -OCH3 is 1. The molecule has 0 unspecified atom stereocenters. The summed E-state index contributed by atoms with van der Waals surface area (Å²) in [5.41, 5.74) is 3.24. The van der Waals surface area contributed by atoms with Crippen LogP contribution in [-0.2, 0) is 17.9 Å². The standard InChI is InChI=1S/C24H20ClN9O2/c1-36-21-12-10-20(11-13-21)26-22(35)15-34-30-23(28-32-34)17-4-2-16(3-5-17)14-33-29-24(27-31-33)18-6-8-19(25)9-7-18/h2-13H,14-15H2,1H3,(H,26,35). The van der Waals surface area contributed by atoms with Gasteiger partial charge in [0, 0.05) is 21.8 Å². The Morgan fingerprint density at radius 1 is 0.833 bits per heavy atom. The lowest BCUT2D eigenvalue weighted by Crippen LogP contribution is -2.20. The summed E-state index contributed by atoms with van der Waals surface area (Å²) in [6.07, 6.45) is 0. The minimum Gasteiger partial charge on any atom is -0.497 e. The molecule has 0 saturated carbocycles. The van der Waals surface area contributed by atoms with Crippen LogP contribution in [0.3, 0.4) is 0 Å². The Hall–Kier alpha value is -4.64. The van der Waals surface area contributed by atoms with Gasteiger partial charge in [0.25, 0.3) is 0 Å². The maximum atomic E-state index is 12.3. The lowest BCUT2D eigenvalue weighted by atomic mass is 10.1. The molecule has 0 radical (unpaired) electrons. The zero-order valence-electron chi connectivity index (χ0n) is 19.1. The first-order chi connectivity index (χ1) is 17.6. The predicted octanol–water partition coefficient (Wildman–Crippen LogP) is 3.34. The predicted molar refractivity (Wildman–Crippen MR) is 132 cm³/mol. The minimum absolute atomic E-state index is 0.0645. The zero-order chi connectivity index (χ0) is 24.9. The summed E-state index contributed by atoms with van der Waals surface area (Å²) in [6, 6.07) is 21.9. The van der Waals surface area contributed by atoms with E-state index >= 15 is 0 Å². The van der Waals surface area contributed by atoms with Crippen molar-refractivity contribution in [2.24, 2.45) is 0 Å². The first kappa shape index (κ1) is 23.1. The third-order valence-electron chi connectivity index (χ3n) is 5.20. The van der Waals surface area contributed by atoms with E-state index < -0.39 is 0 Å². The number of anilines is 1. The van der Waals surface area contributed by atoms with Crippen LogP contribution in [0, 0.1) is 0 Å². The van der Waals surface area contributed by atoms with Crippen molar-refractivity contribution in [3.05, 3.63) is 83.4 Å². The molecule has 2 heterocycles. The number of carbonyl (C=O) groups is 1. The van der Waals surface area contributed by atoms with Gasteiger partial charge in [-0.15, -0.1) is 20.4 Å². The number of halogens is 1. The fourth-order valence-electron chi connectivity index (χ4n) is 3.38. The molecule has 0 spiro atoms. The van der Waals surface area contributed by atoms with E-state index in [0.29, 0.717) is 34.7 Å². The molecule has 5 aromatic rings. The Kier molecular flexibility index (Phi) is 6.63. The maximum absolute atomic E-state index is 12.3. The number of nitrogens with zero attached hydrogens (tertiary/aromatic N) is 8. The highest BCUT2D eigenvalue weighted by molar-refractivity contribution is 6.30. The van der Waals surface area contributed by atoms with Crippen LogP contribution in [0.15, 0.2) is 72.8 Å². The van der Waals surface area contributed by atoms with E-state index in [-0.39, 0.29) is 12.5 Å². The molecule has 0 aliphatic heterocycles. The number of amides is 1. The SMILES string of the molecule is COc1ccc(NC(=O)Cn2nnc(-c3ccc(Cn4nnc(-c5ccc(Cl)cc5)n4)cc3)n2)cc1. The van der Waals surface area contributed by atoms with Crippen LogP contribution in [0.5, 0.6) is 5.75 Å².